The smallest absolute Gasteiger partial charge is 0.274 e. The van der Waals surface area contributed by atoms with Gasteiger partial charge in [0.05, 0.1) is 17.7 Å². The van der Waals surface area contributed by atoms with Crippen LogP contribution in [0.5, 0.6) is 0 Å². The van der Waals surface area contributed by atoms with Crippen molar-refractivity contribution in [1.82, 2.24) is 9.88 Å². The van der Waals surface area contributed by atoms with E-state index in [2.05, 4.69) is 10.3 Å². The van der Waals surface area contributed by atoms with Crippen LogP contribution in [0.4, 0.5) is 5.82 Å². The van der Waals surface area contributed by atoms with Crippen LogP contribution >= 0.6 is 11.6 Å². The van der Waals surface area contributed by atoms with Crippen LogP contribution in [0.25, 0.3) is 0 Å². The van der Waals surface area contributed by atoms with E-state index in [1.807, 2.05) is 6.92 Å². The molecular weight excluding hydrogens is 266 g/mol. The number of pyridine rings is 1. The molecule has 1 aromatic rings. The second kappa shape index (κ2) is 6.21. The molecule has 5 nitrogen and oxygen atoms in total. The lowest BCUT2D eigenvalue weighted by Crippen LogP contribution is -2.38. The summed E-state index contributed by atoms with van der Waals surface area (Å²) in [6, 6.07) is 3.30. The van der Waals surface area contributed by atoms with Crippen molar-refractivity contribution in [2.45, 2.75) is 25.8 Å². The summed E-state index contributed by atoms with van der Waals surface area (Å²) < 4.78 is 0. The number of likely N-dealkylation sites (tertiary alicyclic amines) is 1. The number of halogens is 1. The number of nitrogens with zero attached hydrogens (tertiary/aromatic N) is 2. The summed E-state index contributed by atoms with van der Waals surface area (Å²) in [7, 11) is 0. The fourth-order valence-electron chi connectivity index (χ4n) is 2.30. The second-order valence-corrected chi connectivity index (χ2v) is 4.94. The molecule has 1 unspecified atom stereocenters. The number of carbonyl (C=O) groups is 1. The molecule has 1 aromatic heterocycles. The summed E-state index contributed by atoms with van der Waals surface area (Å²) in [5, 5.41) is 12.7. The number of rotatable bonds is 4. The lowest BCUT2D eigenvalue weighted by molar-refractivity contribution is 0.0672. The number of anilines is 1. The highest BCUT2D eigenvalue weighted by Crippen LogP contribution is 2.23. The number of aliphatic hydroxyl groups is 1. The first-order chi connectivity index (χ1) is 9.17. The predicted molar refractivity (Wildman–Crippen MR) is 74.6 cm³/mol. The standard InChI is InChI=1S/C13H18ClN3O2/c1-2-15-11-6-5-10(14)12(16-11)13(19)17-7-3-4-9(17)8-18/h5-6,9,18H,2-4,7-8H2,1H3,(H,15,16). The Kier molecular flexibility index (Phi) is 4.61. The van der Waals surface area contributed by atoms with E-state index in [0.29, 0.717) is 17.4 Å². The Morgan fingerprint density at radius 3 is 3.11 bits per heavy atom. The Bertz CT molecular complexity index is 467. The third-order valence-electron chi connectivity index (χ3n) is 3.26. The molecule has 1 aliphatic heterocycles. The number of amides is 1. The van der Waals surface area contributed by atoms with Gasteiger partial charge in [0, 0.05) is 13.1 Å². The van der Waals surface area contributed by atoms with Crippen molar-refractivity contribution in [3.05, 3.63) is 22.8 Å². The molecular formula is C13H18ClN3O2. The van der Waals surface area contributed by atoms with Crippen LogP contribution in [0.3, 0.4) is 0 Å². The Labute approximate surface area is 117 Å². The molecule has 1 atom stereocenters. The molecule has 0 spiro atoms. The lowest BCUT2D eigenvalue weighted by atomic mass is 10.2. The molecule has 19 heavy (non-hydrogen) atoms. The quantitative estimate of drug-likeness (QED) is 0.884. The van der Waals surface area contributed by atoms with Crippen molar-refractivity contribution < 1.29 is 9.90 Å². The zero-order valence-electron chi connectivity index (χ0n) is 10.9. The summed E-state index contributed by atoms with van der Waals surface area (Å²) in [6.07, 6.45) is 1.73. The average molecular weight is 284 g/mol. The minimum Gasteiger partial charge on any atom is -0.394 e. The van der Waals surface area contributed by atoms with E-state index in [1.165, 1.54) is 0 Å². The fourth-order valence-corrected chi connectivity index (χ4v) is 2.49. The number of aliphatic hydroxyl groups excluding tert-OH is 1. The van der Waals surface area contributed by atoms with Crippen molar-refractivity contribution >= 4 is 23.3 Å². The van der Waals surface area contributed by atoms with Gasteiger partial charge in [0.15, 0.2) is 0 Å². The van der Waals surface area contributed by atoms with Crippen molar-refractivity contribution in [2.75, 3.05) is 25.0 Å². The van der Waals surface area contributed by atoms with Crippen LogP contribution in [0.15, 0.2) is 12.1 Å². The molecule has 2 N–H and O–H groups in total. The minimum absolute atomic E-state index is 0.0176. The number of hydrogen-bond donors (Lipinski definition) is 2. The minimum atomic E-state index is -0.207. The number of nitrogens with one attached hydrogen (secondary N) is 1. The third kappa shape index (κ3) is 2.98. The highest BCUT2D eigenvalue weighted by molar-refractivity contribution is 6.33. The van der Waals surface area contributed by atoms with Gasteiger partial charge in [0.2, 0.25) is 0 Å². The first-order valence-corrected chi connectivity index (χ1v) is 6.87. The molecule has 2 rings (SSSR count). The van der Waals surface area contributed by atoms with Gasteiger partial charge in [0.1, 0.15) is 11.5 Å². The van der Waals surface area contributed by atoms with Crippen molar-refractivity contribution in [2.24, 2.45) is 0 Å². The molecule has 0 radical (unpaired) electrons. The number of carbonyl (C=O) groups excluding carboxylic acids is 1. The van der Waals surface area contributed by atoms with Gasteiger partial charge in [-0.25, -0.2) is 4.98 Å². The van der Waals surface area contributed by atoms with Crippen LogP contribution < -0.4 is 5.32 Å². The van der Waals surface area contributed by atoms with Gasteiger partial charge in [-0.2, -0.15) is 0 Å². The predicted octanol–water partition coefficient (Wildman–Crippen LogP) is 1.76. The van der Waals surface area contributed by atoms with Crippen molar-refractivity contribution in [1.29, 1.82) is 0 Å². The molecule has 1 amide bonds. The summed E-state index contributed by atoms with van der Waals surface area (Å²) in [6.45, 7) is 3.31. The Balaban J connectivity index is 2.24. The molecule has 0 aliphatic carbocycles. The number of aromatic nitrogens is 1. The highest BCUT2D eigenvalue weighted by atomic mass is 35.5. The molecule has 0 aromatic carbocycles. The van der Waals surface area contributed by atoms with E-state index in [1.54, 1.807) is 17.0 Å². The molecule has 2 heterocycles. The summed E-state index contributed by atoms with van der Waals surface area (Å²) in [4.78, 5) is 18.3. The topological polar surface area (TPSA) is 65.5 Å². The second-order valence-electron chi connectivity index (χ2n) is 4.53. The first-order valence-electron chi connectivity index (χ1n) is 6.49. The molecule has 1 saturated heterocycles. The van der Waals surface area contributed by atoms with E-state index in [-0.39, 0.29) is 24.2 Å². The normalized spacial score (nSPS) is 18.7. The summed E-state index contributed by atoms with van der Waals surface area (Å²) in [5.74, 6) is 0.427. The van der Waals surface area contributed by atoms with E-state index in [4.69, 9.17) is 11.6 Å². The van der Waals surface area contributed by atoms with Crippen LogP contribution in [-0.4, -0.2) is 46.6 Å². The molecule has 1 fully saturated rings. The van der Waals surface area contributed by atoms with Gasteiger partial charge in [-0.3, -0.25) is 4.79 Å². The Hall–Kier alpha value is -1.33. The molecule has 0 saturated carbocycles. The fraction of sp³-hybridized carbons (Fsp3) is 0.538. The van der Waals surface area contributed by atoms with Gasteiger partial charge in [-0.1, -0.05) is 11.6 Å². The van der Waals surface area contributed by atoms with Gasteiger partial charge in [0.25, 0.3) is 5.91 Å². The molecule has 6 heteroatoms. The van der Waals surface area contributed by atoms with Gasteiger partial charge < -0.3 is 15.3 Å². The van der Waals surface area contributed by atoms with Crippen molar-refractivity contribution in [3.63, 3.8) is 0 Å². The molecule has 1 aliphatic rings. The Morgan fingerprint density at radius 1 is 1.63 bits per heavy atom. The monoisotopic (exact) mass is 283 g/mol. The first kappa shape index (κ1) is 14.1. The van der Waals surface area contributed by atoms with E-state index in [9.17, 15) is 9.90 Å². The number of hydrogen-bond acceptors (Lipinski definition) is 4. The van der Waals surface area contributed by atoms with Crippen molar-refractivity contribution in [3.8, 4) is 0 Å². The van der Waals surface area contributed by atoms with E-state index in [0.717, 1.165) is 19.4 Å². The maximum absolute atomic E-state index is 12.4. The zero-order valence-corrected chi connectivity index (χ0v) is 11.7. The van der Waals surface area contributed by atoms with Crippen LogP contribution in [0.2, 0.25) is 5.02 Å². The van der Waals surface area contributed by atoms with Crippen LogP contribution in [0, 0.1) is 0 Å². The molecule has 104 valence electrons. The van der Waals surface area contributed by atoms with E-state index >= 15 is 0 Å². The third-order valence-corrected chi connectivity index (χ3v) is 3.56. The van der Waals surface area contributed by atoms with Crippen LogP contribution in [-0.2, 0) is 0 Å². The average Bonchev–Trinajstić information content (AvgIpc) is 2.89. The summed E-state index contributed by atoms with van der Waals surface area (Å²) >= 11 is 6.06. The van der Waals surface area contributed by atoms with Gasteiger partial charge in [-0.15, -0.1) is 0 Å². The maximum Gasteiger partial charge on any atom is 0.274 e. The van der Waals surface area contributed by atoms with Gasteiger partial charge >= 0.3 is 0 Å². The summed E-state index contributed by atoms with van der Waals surface area (Å²) in [5.41, 5.74) is 0.250. The lowest BCUT2D eigenvalue weighted by Gasteiger charge is -2.23. The molecule has 0 bridgehead atoms. The highest BCUT2D eigenvalue weighted by Gasteiger charge is 2.30. The largest absolute Gasteiger partial charge is 0.394 e. The zero-order chi connectivity index (χ0) is 13.8. The SMILES string of the molecule is CCNc1ccc(Cl)c(C(=O)N2CCCC2CO)n1. The maximum atomic E-state index is 12.4. The Morgan fingerprint density at radius 2 is 2.42 bits per heavy atom. The van der Waals surface area contributed by atoms with Gasteiger partial charge in [-0.05, 0) is 31.9 Å². The van der Waals surface area contributed by atoms with Crippen LogP contribution in [0.1, 0.15) is 30.3 Å². The van der Waals surface area contributed by atoms with E-state index < -0.39 is 0 Å².